The molecular weight excluding hydrogens is 271 g/mol. The van der Waals surface area contributed by atoms with Gasteiger partial charge in [-0.15, -0.1) is 13.2 Å². The molecule has 1 aromatic carbocycles. The summed E-state index contributed by atoms with van der Waals surface area (Å²) in [7, 11) is 0. The minimum Gasteiger partial charge on any atom is -0.490 e. The quantitative estimate of drug-likeness (QED) is 0.923. The summed E-state index contributed by atoms with van der Waals surface area (Å²) in [6.07, 6.45) is -3.03. The van der Waals surface area contributed by atoms with Crippen molar-refractivity contribution in [3.63, 3.8) is 0 Å². The molecule has 0 radical (unpaired) electrons. The Kier molecular flexibility index (Phi) is 3.86. The lowest BCUT2D eigenvalue weighted by molar-refractivity contribution is -0.274. The number of hydrogen-bond acceptors (Lipinski definition) is 3. The van der Waals surface area contributed by atoms with Crippen LogP contribution in [-0.2, 0) is 0 Å². The van der Waals surface area contributed by atoms with Gasteiger partial charge >= 0.3 is 6.36 Å². The average Bonchev–Trinajstić information content (AvgIpc) is 2.37. The molecule has 3 nitrogen and oxygen atoms in total. The molecule has 0 amide bonds. The highest BCUT2D eigenvalue weighted by molar-refractivity contribution is 5.32. The highest BCUT2D eigenvalue weighted by atomic mass is 19.4. The Morgan fingerprint density at radius 2 is 1.80 bits per heavy atom. The summed E-state index contributed by atoms with van der Waals surface area (Å²) < 4.78 is 45.7. The first kappa shape index (κ1) is 15.0. The molecule has 0 aromatic heterocycles. The Bertz CT molecular complexity index is 460. The first-order valence-electron chi connectivity index (χ1n) is 6.52. The van der Waals surface area contributed by atoms with Gasteiger partial charge in [-0.2, -0.15) is 0 Å². The van der Waals surface area contributed by atoms with Crippen molar-refractivity contribution in [2.75, 3.05) is 0 Å². The molecular formula is C14H18F3NO2. The van der Waals surface area contributed by atoms with Crippen molar-refractivity contribution >= 4 is 0 Å². The third-order valence-electron chi connectivity index (χ3n) is 4.15. The molecule has 0 aliphatic heterocycles. The van der Waals surface area contributed by atoms with E-state index < -0.39 is 6.36 Å². The van der Waals surface area contributed by atoms with Crippen LogP contribution in [-0.4, -0.2) is 18.5 Å². The summed E-state index contributed by atoms with van der Waals surface area (Å²) in [6.45, 7) is 4.11. The predicted molar refractivity (Wildman–Crippen MR) is 68.5 cm³/mol. The van der Waals surface area contributed by atoms with Crippen LogP contribution in [0, 0.1) is 5.41 Å². The molecule has 0 spiro atoms. The van der Waals surface area contributed by atoms with Crippen molar-refractivity contribution in [2.24, 2.45) is 11.1 Å². The fourth-order valence-corrected chi connectivity index (χ4v) is 2.40. The standard InChI is InChI=1S/C14H18F3NO2/c1-3-13(2)11(18)8-12(13)19-9-4-6-10(7-5-9)20-14(15,16)17/h4-7,11-12H,3,8,18H2,1-2H3. The Morgan fingerprint density at radius 3 is 2.25 bits per heavy atom. The van der Waals surface area contributed by atoms with Crippen LogP contribution >= 0.6 is 0 Å². The topological polar surface area (TPSA) is 44.5 Å². The number of hydrogen-bond donors (Lipinski definition) is 1. The highest BCUT2D eigenvalue weighted by Crippen LogP contribution is 2.44. The molecule has 1 aliphatic rings. The lowest BCUT2D eigenvalue weighted by Gasteiger charge is -2.51. The second kappa shape index (κ2) is 5.16. The van der Waals surface area contributed by atoms with Crippen molar-refractivity contribution in [3.8, 4) is 11.5 Å². The van der Waals surface area contributed by atoms with E-state index in [1.165, 1.54) is 24.3 Å². The van der Waals surface area contributed by atoms with Gasteiger partial charge in [0.15, 0.2) is 0 Å². The molecule has 0 saturated heterocycles. The second-order valence-electron chi connectivity index (χ2n) is 5.33. The number of benzene rings is 1. The zero-order chi connectivity index (χ0) is 15.0. The number of halogens is 3. The normalized spacial score (nSPS) is 29.7. The van der Waals surface area contributed by atoms with Crippen molar-refractivity contribution in [1.29, 1.82) is 0 Å². The molecule has 2 rings (SSSR count). The Hall–Kier alpha value is -1.43. The molecule has 112 valence electrons. The first-order chi connectivity index (χ1) is 9.24. The van der Waals surface area contributed by atoms with Gasteiger partial charge in [0.2, 0.25) is 0 Å². The van der Waals surface area contributed by atoms with Crippen LogP contribution in [0.4, 0.5) is 13.2 Å². The van der Waals surface area contributed by atoms with Gasteiger partial charge in [-0.1, -0.05) is 13.8 Å². The Morgan fingerprint density at radius 1 is 1.25 bits per heavy atom. The van der Waals surface area contributed by atoms with Crippen LogP contribution in [0.3, 0.4) is 0 Å². The number of nitrogens with two attached hydrogens (primary N) is 1. The van der Waals surface area contributed by atoms with Gasteiger partial charge in [-0.05, 0) is 30.7 Å². The van der Waals surface area contributed by atoms with Crippen LogP contribution in [0.25, 0.3) is 0 Å². The van der Waals surface area contributed by atoms with Crippen LogP contribution in [0.15, 0.2) is 24.3 Å². The minimum absolute atomic E-state index is 0.00288. The van der Waals surface area contributed by atoms with E-state index in [2.05, 4.69) is 18.6 Å². The zero-order valence-electron chi connectivity index (χ0n) is 11.4. The summed E-state index contributed by atoms with van der Waals surface area (Å²) >= 11 is 0. The lowest BCUT2D eigenvalue weighted by Crippen LogP contribution is -2.61. The maximum absolute atomic E-state index is 12.0. The largest absolute Gasteiger partial charge is 0.573 e. The molecule has 1 aromatic rings. The molecule has 0 heterocycles. The third-order valence-corrected chi connectivity index (χ3v) is 4.15. The van der Waals surface area contributed by atoms with Gasteiger partial charge in [0.1, 0.15) is 17.6 Å². The zero-order valence-corrected chi connectivity index (χ0v) is 11.4. The number of rotatable bonds is 4. The van der Waals surface area contributed by atoms with E-state index in [0.29, 0.717) is 5.75 Å². The van der Waals surface area contributed by atoms with E-state index in [0.717, 1.165) is 12.8 Å². The van der Waals surface area contributed by atoms with Crippen molar-refractivity contribution < 1.29 is 22.6 Å². The number of alkyl halides is 3. The molecule has 3 atom stereocenters. The molecule has 0 bridgehead atoms. The van der Waals surface area contributed by atoms with Crippen LogP contribution in [0.2, 0.25) is 0 Å². The summed E-state index contributed by atoms with van der Waals surface area (Å²) in [5.74, 6) is 0.268. The van der Waals surface area contributed by atoms with E-state index in [9.17, 15) is 13.2 Å². The fraction of sp³-hybridized carbons (Fsp3) is 0.571. The smallest absolute Gasteiger partial charge is 0.490 e. The summed E-state index contributed by atoms with van der Waals surface area (Å²) in [4.78, 5) is 0. The van der Waals surface area contributed by atoms with E-state index in [4.69, 9.17) is 10.5 Å². The van der Waals surface area contributed by atoms with Gasteiger partial charge in [0, 0.05) is 17.9 Å². The van der Waals surface area contributed by atoms with Gasteiger partial charge in [-0.25, -0.2) is 0 Å². The molecule has 6 heteroatoms. The van der Waals surface area contributed by atoms with Crippen LogP contribution in [0.5, 0.6) is 11.5 Å². The first-order valence-corrected chi connectivity index (χ1v) is 6.52. The minimum atomic E-state index is -4.68. The van der Waals surface area contributed by atoms with Gasteiger partial charge in [0.05, 0.1) is 0 Å². The molecule has 1 fully saturated rings. The summed E-state index contributed by atoms with van der Waals surface area (Å²) in [5, 5.41) is 0. The molecule has 3 unspecified atom stereocenters. The van der Waals surface area contributed by atoms with E-state index in [1.807, 2.05) is 0 Å². The van der Waals surface area contributed by atoms with Crippen molar-refractivity contribution in [3.05, 3.63) is 24.3 Å². The summed E-state index contributed by atoms with van der Waals surface area (Å²) in [5.41, 5.74) is 5.90. The van der Waals surface area contributed by atoms with Gasteiger partial charge < -0.3 is 15.2 Å². The maximum atomic E-state index is 12.0. The monoisotopic (exact) mass is 289 g/mol. The average molecular weight is 289 g/mol. The number of ether oxygens (including phenoxy) is 2. The van der Waals surface area contributed by atoms with E-state index in [1.54, 1.807) is 0 Å². The van der Waals surface area contributed by atoms with E-state index >= 15 is 0 Å². The molecule has 1 aliphatic carbocycles. The fourth-order valence-electron chi connectivity index (χ4n) is 2.40. The Labute approximate surface area is 115 Å². The molecule has 2 N–H and O–H groups in total. The molecule has 20 heavy (non-hydrogen) atoms. The van der Waals surface area contributed by atoms with Crippen LogP contribution < -0.4 is 15.2 Å². The Balaban J connectivity index is 1.98. The molecule has 1 saturated carbocycles. The van der Waals surface area contributed by atoms with Crippen molar-refractivity contribution in [1.82, 2.24) is 0 Å². The van der Waals surface area contributed by atoms with Gasteiger partial charge in [0.25, 0.3) is 0 Å². The SMILES string of the molecule is CCC1(C)C(N)CC1Oc1ccc(OC(F)(F)F)cc1. The summed E-state index contributed by atoms with van der Waals surface area (Å²) in [6, 6.07) is 5.53. The van der Waals surface area contributed by atoms with Gasteiger partial charge in [-0.3, -0.25) is 0 Å². The third kappa shape index (κ3) is 3.00. The predicted octanol–water partition coefficient (Wildman–Crippen LogP) is 3.48. The van der Waals surface area contributed by atoms with Crippen LogP contribution in [0.1, 0.15) is 26.7 Å². The van der Waals surface area contributed by atoms with E-state index in [-0.39, 0.29) is 23.3 Å². The van der Waals surface area contributed by atoms with Crippen molar-refractivity contribution in [2.45, 2.75) is 45.2 Å². The lowest BCUT2D eigenvalue weighted by atomic mass is 9.62. The highest BCUT2D eigenvalue weighted by Gasteiger charge is 2.50. The maximum Gasteiger partial charge on any atom is 0.573 e. The second-order valence-corrected chi connectivity index (χ2v) is 5.33.